The highest BCUT2D eigenvalue weighted by atomic mass is 14.2. The van der Waals surface area contributed by atoms with E-state index >= 15 is 0 Å². The zero-order chi connectivity index (χ0) is 9.56. The van der Waals surface area contributed by atoms with E-state index in [1.165, 1.54) is 18.4 Å². The molecule has 0 aromatic rings. The van der Waals surface area contributed by atoms with E-state index in [1.807, 2.05) is 0 Å². The molecule has 0 N–H and O–H groups in total. The average molecular weight is 166 g/mol. The fraction of sp³-hybridized carbons (Fsp3) is 0.750. The Morgan fingerprint density at radius 1 is 1.25 bits per heavy atom. The molecule has 0 aromatic heterocycles. The van der Waals surface area contributed by atoms with Crippen LogP contribution in [0.3, 0.4) is 0 Å². The van der Waals surface area contributed by atoms with Crippen LogP contribution in [0.4, 0.5) is 0 Å². The number of hydrogen-bond donors (Lipinski definition) is 0. The van der Waals surface area contributed by atoms with Crippen LogP contribution < -0.4 is 0 Å². The Kier molecular flexibility index (Phi) is 5.84. The quantitative estimate of drug-likeness (QED) is 0.537. The molecular formula is C12H22. The summed E-state index contributed by atoms with van der Waals surface area (Å²) >= 11 is 0. The smallest absolute Gasteiger partial charge is 0.0104 e. The van der Waals surface area contributed by atoms with E-state index in [4.69, 9.17) is 0 Å². The highest BCUT2D eigenvalue weighted by Gasteiger charge is 2.16. The Labute approximate surface area is 77.4 Å². The van der Waals surface area contributed by atoms with Crippen molar-refractivity contribution < 1.29 is 0 Å². The van der Waals surface area contributed by atoms with Crippen molar-refractivity contribution in [2.45, 2.75) is 47.0 Å². The summed E-state index contributed by atoms with van der Waals surface area (Å²) in [6.45, 7) is 12.8. The molecule has 0 amide bonds. The molecule has 0 aliphatic rings. The molecule has 0 bridgehead atoms. The van der Waals surface area contributed by atoms with Gasteiger partial charge in [0.25, 0.3) is 0 Å². The Hall–Kier alpha value is -0.480. The highest BCUT2D eigenvalue weighted by Crippen LogP contribution is 2.27. The van der Waals surface area contributed by atoms with Gasteiger partial charge in [-0.05, 0) is 30.3 Å². The van der Waals surface area contributed by atoms with Crippen LogP contribution in [0.2, 0.25) is 0 Å². The summed E-state index contributed by atoms with van der Waals surface area (Å²) in [6, 6.07) is 0. The molecule has 0 aliphatic carbocycles. The summed E-state index contributed by atoms with van der Waals surface area (Å²) in [5.41, 5.74) is 4.49. The molecule has 0 radical (unpaired) electrons. The number of allylic oxidation sites excluding steroid dienone is 1. The van der Waals surface area contributed by atoms with E-state index in [0.717, 1.165) is 12.3 Å². The van der Waals surface area contributed by atoms with Gasteiger partial charge in [-0.3, -0.25) is 0 Å². The van der Waals surface area contributed by atoms with Gasteiger partial charge in [-0.2, -0.15) is 0 Å². The first kappa shape index (κ1) is 11.5. The minimum atomic E-state index is 0.706. The molecule has 0 heteroatoms. The molecule has 2 atom stereocenters. The fourth-order valence-corrected chi connectivity index (χ4v) is 1.80. The lowest BCUT2D eigenvalue weighted by molar-refractivity contribution is 0.381. The Bertz CT molecular complexity index is 161. The van der Waals surface area contributed by atoms with Crippen LogP contribution in [0, 0.1) is 11.8 Å². The monoisotopic (exact) mass is 166 g/mol. The van der Waals surface area contributed by atoms with Gasteiger partial charge in [-0.15, -0.1) is 5.73 Å². The van der Waals surface area contributed by atoms with Gasteiger partial charge in [0.1, 0.15) is 0 Å². The molecule has 0 heterocycles. The molecule has 0 aliphatic heterocycles. The van der Waals surface area contributed by atoms with E-state index < -0.39 is 0 Å². The topological polar surface area (TPSA) is 0 Å². The Morgan fingerprint density at radius 2 is 1.83 bits per heavy atom. The third kappa shape index (κ3) is 2.87. The van der Waals surface area contributed by atoms with Crippen molar-refractivity contribution in [2.75, 3.05) is 0 Å². The second-order valence-electron chi connectivity index (χ2n) is 3.46. The predicted molar refractivity (Wildman–Crippen MR) is 56.2 cm³/mol. The molecule has 0 rings (SSSR count). The zero-order valence-corrected chi connectivity index (χ0v) is 8.98. The fourth-order valence-electron chi connectivity index (χ4n) is 1.80. The van der Waals surface area contributed by atoms with Crippen LogP contribution in [-0.2, 0) is 0 Å². The summed E-state index contributed by atoms with van der Waals surface area (Å²) in [4.78, 5) is 0. The van der Waals surface area contributed by atoms with Crippen molar-refractivity contribution in [3.8, 4) is 0 Å². The van der Waals surface area contributed by atoms with Gasteiger partial charge in [0.2, 0.25) is 0 Å². The summed E-state index contributed by atoms with van der Waals surface area (Å²) < 4.78 is 0. The van der Waals surface area contributed by atoms with Crippen LogP contribution in [-0.4, -0.2) is 0 Å². The van der Waals surface area contributed by atoms with Crippen molar-refractivity contribution in [2.24, 2.45) is 11.8 Å². The summed E-state index contributed by atoms with van der Waals surface area (Å²) in [7, 11) is 0. The maximum atomic E-state index is 3.76. The maximum absolute atomic E-state index is 3.76. The molecule has 70 valence electrons. The third-order valence-electron chi connectivity index (χ3n) is 2.83. The molecule has 0 aromatic carbocycles. The van der Waals surface area contributed by atoms with E-state index in [2.05, 4.69) is 40.0 Å². The molecule has 12 heavy (non-hydrogen) atoms. The second kappa shape index (κ2) is 6.08. The van der Waals surface area contributed by atoms with Crippen LogP contribution in [0.5, 0.6) is 0 Å². The molecule has 2 unspecified atom stereocenters. The second-order valence-corrected chi connectivity index (χ2v) is 3.46. The normalized spacial score (nSPS) is 15.0. The largest absolute Gasteiger partial charge is 0.129 e. The summed E-state index contributed by atoms with van der Waals surface area (Å²) in [5.74, 6) is 1.48. The molecule has 0 fully saturated rings. The SMILES string of the molecule is C=C=C(CC)C(CC)C(C)CC. The van der Waals surface area contributed by atoms with Crippen molar-refractivity contribution >= 4 is 0 Å². The molecular weight excluding hydrogens is 144 g/mol. The zero-order valence-electron chi connectivity index (χ0n) is 8.98. The number of rotatable bonds is 5. The highest BCUT2D eigenvalue weighted by molar-refractivity contribution is 5.04. The Balaban J connectivity index is 4.42. The lowest BCUT2D eigenvalue weighted by Gasteiger charge is -2.22. The van der Waals surface area contributed by atoms with Crippen molar-refractivity contribution in [3.63, 3.8) is 0 Å². The van der Waals surface area contributed by atoms with Crippen LogP contribution in [0.15, 0.2) is 17.9 Å². The summed E-state index contributed by atoms with van der Waals surface area (Å²) in [5, 5.41) is 0. The van der Waals surface area contributed by atoms with Crippen molar-refractivity contribution in [1.29, 1.82) is 0 Å². The van der Waals surface area contributed by atoms with Gasteiger partial charge in [-0.25, -0.2) is 0 Å². The van der Waals surface area contributed by atoms with E-state index in [-0.39, 0.29) is 0 Å². The summed E-state index contributed by atoms with van der Waals surface area (Å²) in [6.07, 6.45) is 3.58. The predicted octanol–water partition coefficient (Wildman–Crippen LogP) is 4.18. The van der Waals surface area contributed by atoms with Crippen LogP contribution in [0.25, 0.3) is 0 Å². The lowest BCUT2D eigenvalue weighted by atomic mass is 9.83. The van der Waals surface area contributed by atoms with Gasteiger partial charge < -0.3 is 0 Å². The first-order valence-corrected chi connectivity index (χ1v) is 5.09. The molecule has 0 saturated carbocycles. The van der Waals surface area contributed by atoms with Gasteiger partial charge in [0.05, 0.1) is 0 Å². The minimum Gasteiger partial charge on any atom is -0.129 e. The van der Waals surface area contributed by atoms with Crippen LogP contribution >= 0.6 is 0 Å². The van der Waals surface area contributed by atoms with Crippen molar-refractivity contribution in [1.82, 2.24) is 0 Å². The van der Waals surface area contributed by atoms with Crippen molar-refractivity contribution in [3.05, 3.63) is 17.9 Å². The first-order valence-electron chi connectivity index (χ1n) is 5.09. The van der Waals surface area contributed by atoms with Gasteiger partial charge in [-0.1, -0.05) is 40.7 Å². The standard InChI is InChI=1S/C12H22/c1-6-10(5)12(9-4)11(7-2)8-3/h10,12H,2,6,8-9H2,1,3-5H3. The third-order valence-corrected chi connectivity index (χ3v) is 2.83. The van der Waals surface area contributed by atoms with E-state index in [9.17, 15) is 0 Å². The van der Waals surface area contributed by atoms with Gasteiger partial charge in [0.15, 0.2) is 0 Å². The van der Waals surface area contributed by atoms with E-state index in [1.54, 1.807) is 0 Å². The van der Waals surface area contributed by atoms with Crippen LogP contribution in [0.1, 0.15) is 47.0 Å². The molecule has 0 spiro atoms. The Morgan fingerprint density at radius 3 is 2.08 bits per heavy atom. The molecule has 0 nitrogen and oxygen atoms in total. The van der Waals surface area contributed by atoms with Gasteiger partial charge in [0, 0.05) is 0 Å². The number of hydrogen-bond acceptors (Lipinski definition) is 0. The van der Waals surface area contributed by atoms with E-state index in [0.29, 0.717) is 5.92 Å². The molecule has 0 saturated heterocycles. The maximum Gasteiger partial charge on any atom is -0.0104 e. The lowest BCUT2D eigenvalue weighted by Crippen LogP contribution is -2.12. The first-order chi connectivity index (χ1) is 5.71. The van der Waals surface area contributed by atoms with Gasteiger partial charge >= 0.3 is 0 Å². The average Bonchev–Trinajstić information content (AvgIpc) is 2.12. The minimum absolute atomic E-state index is 0.706.